The van der Waals surface area contributed by atoms with E-state index in [1.165, 1.54) is 39.2 Å². The van der Waals surface area contributed by atoms with E-state index in [0.717, 1.165) is 28.3 Å². The third-order valence-corrected chi connectivity index (χ3v) is 5.73. The zero-order chi connectivity index (χ0) is 18.3. The Hall–Kier alpha value is -2.24. The topological polar surface area (TPSA) is 50.5 Å². The van der Waals surface area contributed by atoms with Crippen molar-refractivity contribution >= 4 is 11.4 Å². The number of rotatable bonds is 3. The predicted octanol–water partition coefficient (Wildman–Crippen LogP) is 5.03. The minimum Gasteiger partial charge on any atom is -0.489 e. The lowest BCUT2D eigenvalue weighted by atomic mass is 9.83. The maximum Gasteiger partial charge on any atom is 0.152 e. The van der Waals surface area contributed by atoms with Gasteiger partial charge in [-0.25, -0.2) is 5.12 Å². The Balaban J connectivity index is 1.75. The average Bonchev–Trinajstić information content (AvgIpc) is 2.99. The third-order valence-electron chi connectivity index (χ3n) is 5.73. The fraction of sp³-hybridized carbons (Fsp3) is 0.550. The number of hydrogen-bond acceptors (Lipinski definition) is 5. The maximum atomic E-state index is 14.1. The molecular weight excluding hydrogens is 333 g/mol. The molecule has 6 heteroatoms. The fourth-order valence-electron chi connectivity index (χ4n) is 4.37. The van der Waals surface area contributed by atoms with E-state index in [9.17, 15) is 4.48 Å². The fourth-order valence-corrected chi connectivity index (χ4v) is 4.37. The molecule has 0 bridgehead atoms. The van der Waals surface area contributed by atoms with Gasteiger partial charge in [-0.15, -0.1) is 4.48 Å². The summed E-state index contributed by atoms with van der Waals surface area (Å²) in [6.07, 6.45) is 6.27. The van der Waals surface area contributed by atoms with Gasteiger partial charge in [0.15, 0.2) is 5.75 Å². The minimum absolute atomic E-state index is 0.224. The Kier molecular flexibility index (Phi) is 4.51. The zero-order valence-corrected chi connectivity index (χ0v) is 15.6. The first kappa shape index (κ1) is 17.2. The van der Waals surface area contributed by atoms with Crippen LogP contribution in [0.4, 0.5) is 15.9 Å². The normalized spacial score (nSPS) is 20.2. The van der Waals surface area contributed by atoms with Gasteiger partial charge < -0.3 is 14.6 Å². The van der Waals surface area contributed by atoms with E-state index in [4.69, 9.17) is 9.26 Å². The molecule has 1 atom stereocenters. The molecule has 0 spiro atoms. The highest BCUT2D eigenvalue weighted by atomic mass is 19.2. The smallest absolute Gasteiger partial charge is 0.152 e. The zero-order valence-electron chi connectivity index (χ0n) is 15.6. The number of aromatic nitrogens is 1. The molecule has 1 saturated carbocycles. The summed E-state index contributed by atoms with van der Waals surface area (Å²) < 4.78 is 25.7. The molecule has 5 nitrogen and oxygen atoms in total. The van der Waals surface area contributed by atoms with Gasteiger partial charge in [0.1, 0.15) is 18.1 Å². The van der Waals surface area contributed by atoms with Crippen molar-refractivity contribution in [1.82, 2.24) is 5.16 Å². The molecule has 1 aliphatic heterocycles. The number of ether oxygens (including phenoxy) is 1. The van der Waals surface area contributed by atoms with E-state index in [-0.39, 0.29) is 6.04 Å². The van der Waals surface area contributed by atoms with E-state index >= 15 is 0 Å². The molecule has 0 amide bonds. The number of aryl methyl sites for hydroxylation is 2. The summed E-state index contributed by atoms with van der Waals surface area (Å²) in [6, 6.07) is 3.90. The second-order valence-electron chi connectivity index (χ2n) is 7.47. The molecule has 1 N–H and O–H groups in total. The first-order valence-corrected chi connectivity index (χ1v) is 9.45. The van der Waals surface area contributed by atoms with Crippen LogP contribution in [0.15, 0.2) is 16.7 Å². The van der Waals surface area contributed by atoms with E-state index in [0.29, 0.717) is 29.1 Å². The Morgan fingerprint density at radius 1 is 1.19 bits per heavy atom. The summed E-state index contributed by atoms with van der Waals surface area (Å²) in [5.74, 6) is 2.01. The Bertz CT molecular complexity index is 777. The second kappa shape index (κ2) is 6.82. The van der Waals surface area contributed by atoms with Crippen LogP contribution in [0.2, 0.25) is 0 Å². The molecule has 0 radical (unpaired) electrons. The summed E-state index contributed by atoms with van der Waals surface area (Å²) in [6.45, 7) is 4.40. The average molecular weight is 359 g/mol. The van der Waals surface area contributed by atoms with Crippen LogP contribution in [-0.2, 0) is 0 Å². The lowest BCUT2D eigenvalue weighted by Crippen LogP contribution is -2.39. The first-order valence-electron chi connectivity index (χ1n) is 9.45. The highest BCUT2D eigenvalue weighted by Gasteiger charge is 2.32. The van der Waals surface area contributed by atoms with Gasteiger partial charge in [-0.3, -0.25) is 0 Å². The standard InChI is InChI=1S/C20H26FN3O2/c1-12-18(13(2)26-23-12)15-9-10-17(24(3)21)19-20(15)25-11-16(22-19)14-7-5-4-6-8-14/h9-10,14,16,22H,4-8,11H2,1-3H3. The van der Waals surface area contributed by atoms with Gasteiger partial charge in [0.2, 0.25) is 0 Å². The molecule has 2 aliphatic rings. The van der Waals surface area contributed by atoms with Crippen molar-refractivity contribution in [3.05, 3.63) is 23.6 Å². The van der Waals surface area contributed by atoms with Crippen molar-refractivity contribution < 1.29 is 13.7 Å². The molecule has 1 unspecified atom stereocenters. The molecule has 2 aromatic rings. The van der Waals surface area contributed by atoms with Crippen molar-refractivity contribution in [2.45, 2.75) is 52.0 Å². The Labute approximate surface area is 153 Å². The summed E-state index contributed by atoms with van der Waals surface area (Å²) in [4.78, 5) is 0. The third kappa shape index (κ3) is 2.91. The van der Waals surface area contributed by atoms with Crippen molar-refractivity contribution in [3.8, 4) is 16.9 Å². The molecular formula is C20H26FN3O2. The Morgan fingerprint density at radius 3 is 2.62 bits per heavy atom. The molecule has 26 heavy (non-hydrogen) atoms. The second-order valence-corrected chi connectivity index (χ2v) is 7.47. The number of halogens is 1. The van der Waals surface area contributed by atoms with E-state index in [2.05, 4.69) is 10.5 Å². The highest BCUT2D eigenvalue weighted by molar-refractivity contribution is 5.88. The van der Waals surface area contributed by atoms with Gasteiger partial charge in [0.25, 0.3) is 0 Å². The number of fused-ring (bicyclic) bond motifs is 1. The first-order chi connectivity index (χ1) is 12.6. The van der Waals surface area contributed by atoms with Gasteiger partial charge in [-0.05, 0) is 44.7 Å². The molecule has 2 heterocycles. The molecule has 1 aromatic heterocycles. The van der Waals surface area contributed by atoms with Crippen LogP contribution in [-0.4, -0.2) is 24.9 Å². The van der Waals surface area contributed by atoms with Gasteiger partial charge in [0.05, 0.1) is 23.0 Å². The van der Waals surface area contributed by atoms with Crippen molar-refractivity contribution in [1.29, 1.82) is 0 Å². The van der Waals surface area contributed by atoms with Crippen LogP contribution in [0.25, 0.3) is 11.1 Å². The number of nitrogens with zero attached hydrogens (tertiary/aromatic N) is 2. The van der Waals surface area contributed by atoms with E-state index < -0.39 is 0 Å². The molecule has 1 aliphatic carbocycles. The van der Waals surface area contributed by atoms with Crippen LogP contribution >= 0.6 is 0 Å². The van der Waals surface area contributed by atoms with Crippen molar-refractivity contribution in [3.63, 3.8) is 0 Å². The van der Waals surface area contributed by atoms with E-state index in [1.807, 2.05) is 19.9 Å². The highest BCUT2D eigenvalue weighted by Crippen LogP contribution is 2.47. The van der Waals surface area contributed by atoms with Crippen molar-refractivity contribution in [2.75, 3.05) is 24.1 Å². The van der Waals surface area contributed by atoms with Crippen LogP contribution in [0.1, 0.15) is 43.6 Å². The Morgan fingerprint density at radius 2 is 1.96 bits per heavy atom. The van der Waals surface area contributed by atoms with Gasteiger partial charge >= 0.3 is 0 Å². The lowest BCUT2D eigenvalue weighted by molar-refractivity contribution is 0.215. The lowest BCUT2D eigenvalue weighted by Gasteiger charge is -2.37. The maximum absolute atomic E-state index is 14.1. The van der Waals surface area contributed by atoms with Gasteiger partial charge in [-0.2, -0.15) is 0 Å². The van der Waals surface area contributed by atoms with Crippen LogP contribution in [0, 0.1) is 19.8 Å². The monoisotopic (exact) mass is 359 g/mol. The minimum atomic E-state index is 0.224. The molecule has 140 valence electrons. The van der Waals surface area contributed by atoms with Crippen molar-refractivity contribution in [2.24, 2.45) is 5.92 Å². The summed E-state index contributed by atoms with van der Waals surface area (Å²) in [7, 11) is 1.41. The van der Waals surface area contributed by atoms with Gasteiger partial charge in [-0.1, -0.05) is 24.4 Å². The molecule has 0 saturated heterocycles. The number of anilines is 2. The van der Waals surface area contributed by atoms with Gasteiger partial charge in [0, 0.05) is 12.6 Å². The van der Waals surface area contributed by atoms with Crippen LogP contribution < -0.4 is 15.2 Å². The number of hydrogen-bond donors (Lipinski definition) is 1. The van der Waals surface area contributed by atoms with Crippen LogP contribution in [0.5, 0.6) is 5.75 Å². The summed E-state index contributed by atoms with van der Waals surface area (Å²) in [5, 5.41) is 8.30. The molecule has 4 rings (SSSR count). The SMILES string of the molecule is Cc1noc(C)c1-c1ccc(N(C)F)c2c1OCC(C1CCCCC1)N2. The van der Waals surface area contributed by atoms with Crippen LogP contribution in [0.3, 0.4) is 0 Å². The summed E-state index contributed by atoms with van der Waals surface area (Å²) >= 11 is 0. The number of nitrogens with one attached hydrogen (secondary N) is 1. The molecule has 1 fully saturated rings. The quantitative estimate of drug-likeness (QED) is 0.779. The predicted molar refractivity (Wildman–Crippen MR) is 100 cm³/mol. The largest absolute Gasteiger partial charge is 0.489 e. The summed E-state index contributed by atoms with van der Waals surface area (Å²) in [5.41, 5.74) is 3.86. The number of benzene rings is 1. The molecule has 1 aromatic carbocycles. The van der Waals surface area contributed by atoms with E-state index in [1.54, 1.807) is 6.07 Å².